The summed E-state index contributed by atoms with van der Waals surface area (Å²) in [4.78, 5) is 10.8. The van der Waals surface area contributed by atoms with E-state index in [1.54, 1.807) is 0 Å². The highest BCUT2D eigenvalue weighted by Gasteiger charge is 2.00. The van der Waals surface area contributed by atoms with Gasteiger partial charge in [0.15, 0.2) is 0 Å². The van der Waals surface area contributed by atoms with Crippen LogP contribution in [0.15, 0.2) is 12.1 Å². The molecule has 0 atom stereocenters. The van der Waals surface area contributed by atoms with Gasteiger partial charge in [0.2, 0.25) is 0 Å². The van der Waals surface area contributed by atoms with E-state index in [0.717, 1.165) is 18.5 Å². The minimum absolute atomic E-state index is 0.233. The van der Waals surface area contributed by atoms with Gasteiger partial charge in [0, 0.05) is 6.54 Å². The average molecular weight is 223 g/mol. The molecule has 0 saturated heterocycles. The van der Waals surface area contributed by atoms with Gasteiger partial charge in [-0.15, -0.1) is 5.10 Å². The summed E-state index contributed by atoms with van der Waals surface area (Å²) in [6.07, 6.45) is 2.33. The fourth-order valence-corrected chi connectivity index (χ4v) is 1.24. The third-order valence-electron chi connectivity index (χ3n) is 2.09. The van der Waals surface area contributed by atoms with Crippen LogP contribution in [0.2, 0.25) is 0 Å². The van der Waals surface area contributed by atoms with Crippen molar-refractivity contribution in [2.24, 2.45) is 0 Å². The lowest BCUT2D eigenvalue weighted by Crippen LogP contribution is -2.11. The van der Waals surface area contributed by atoms with Gasteiger partial charge in [-0.2, -0.15) is 5.10 Å². The molecule has 5 nitrogen and oxygen atoms in total. The van der Waals surface area contributed by atoms with Crippen molar-refractivity contribution in [3.63, 3.8) is 0 Å². The van der Waals surface area contributed by atoms with E-state index in [4.69, 9.17) is 0 Å². The topological polar surface area (TPSA) is 64.1 Å². The summed E-state index contributed by atoms with van der Waals surface area (Å²) in [6.45, 7) is 2.61. The van der Waals surface area contributed by atoms with Crippen LogP contribution in [-0.2, 0) is 16.0 Å². The standard InChI is InChI=1S/C11H17N3O2/c1-3-4-9-5-6-10(14-13-9)12-8-7-11(15)16-2/h5-6H,3-4,7-8H2,1-2H3,(H,12,14). The summed E-state index contributed by atoms with van der Waals surface area (Å²) in [5.74, 6) is 0.451. The minimum Gasteiger partial charge on any atom is -0.469 e. The second-order valence-corrected chi connectivity index (χ2v) is 3.41. The van der Waals surface area contributed by atoms with Crippen molar-refractivity contribution in [1.29, 1.82) is 0 Å². The molecule has 0 aliphatic carbocycles. The van der Waals surface area contributed by atoms with E-state index < -0.39 is 0 Å². The molecule has 0 aliphatic rings. The molecule has 0 unspecified atom stereocenters. The first-order valence-electron chi connectivity index (χ1n) is 5.39. The van der Waals surface area contributed by atoms with Crippen molar-refractivity contribution < 1.29 is 9.53 Å². The summed E-state index contributed by atoms with van der Waals surface area (Å²) in [7, 11) is 1.38. The molecule has 0 fully saturated rings. The Balaban J connectivity index is 2.34. The van der Waals surface area contributed by atoms with E-state index in [0.29, 0.717) is 18.8 Å². The van der Waals surface area contributed by atoms with Crippen LogP contribution in [0, 0.1) is 0 Å². The van der Waals surface area contributed by atoms with E-state index in [9.17, 15) is 4.79 Å². The summed E-state index contributed by atoms with van der Waals surface area (Å²) < 4.78 is 4.52. The number of nitrogens with zero attached hydrogens (tertiary/aromatic N) is 2. The first-order valence-corrected chi connectivity index (χ1v) is 5.39. The fourth-order valence-electron chi connectivity index (χ4n) is 1.24. The van der Waals surface area contributed by atoms with Gasteiger partial charge in [-0.25, -0.2) is 0 Å². The SMILES string of the molecule is CCCc1ccc(NCCC(=O)OC)nn1. The molecule has 16 heavy (non-hydrogen) atoms. The first kappa shape index (κ1) is 12.4. The minimum atomic E-state index is -0.233. The predicted octanol–water partition coefficient (Wildman–Crippen LogP) is 1.40. The molecule has 1 heterocycles. The molecule has 0 amide bonds. The van der Waals surface area contributed by atoms with Crippen LogP contribution in [0.4, 0.5) is 5.82 Å². The van der Waals surface area contributed by atoms with Gasteiger partial charge in [0.1, 0.15) is 5.82 Å². The molecule has 0 bridgehead atoms. The molecule has 1 rings (SSSR count). The van der Waals surface area contributed by atoms with E-state index in [-0.39, 0.29) is 5.97 Å². The van der Waals surface area contributed by atoms with Gasteiger partial charge in [-0.3, -0.25) is 4.79 Å². The first-order chi connectivity index (χ1) is 7.76. The lowest BCUT2D eigenvalue weighted by molar-refractivity contribution is -0.140. The number of carbonyl (C=O) groups is 1. The van der Waals surface area contributed by atoms with E-state index >= 15 is 0 Å². The molecule has 1 N–H and O–H groups in total. The average Bonchev–Trinajstić information content (AvgIpc) is 2.31. The third-order valence-corrected chi connectivity index (χ3v) is 2.09. The number of methoxy groups -OCH3 is 1. The van der Waals surface area contributed by atoms with Gasteiger partial charge in [0.25, 0.3) is 0 Å². The summed E-state index contributed by atoms with van der Waals surface area (Å²) in [5, 5.41) is 11.1. The van der Waals surface area contributed by atoms with Crippen molar-refractivity contribution in [1.82, 2.24) is 10.2 Å². The highest BCUT2D eigenvalue weighted by Crippen LogP contribution is 2.03. The Morgan fingerprint density at radius 3 is 2.81 bits per heavy atom. The molecular formula is C11H17N3O2. The van der Waals surface area contributed by atoms with E-state index in [1.807, 2.05) is 12.1 Å². The number of ether oxygens (including phenoxy) is 1. The number of esters is 1. The maximum absolute atomic E-state index is 10.8. The van der Waals surface area contributed by atoms with Crippen LogP contribution in [-0.4, -0.2) is 29.8 Å². The molecule has 1 aromatic rings. The quantitative estimate of drug-likeness (QED) is 0.738. The molecule has 0 spiro atoms. The molecule has 5 heteroatoms. The largest absolute Gasteiger partial charge is 0.469 e. The van der Waals surface area contributed by atoms with Crippen LogP contribution in [0.3, 0.4) is 0 Å². The molecule has 1 aromatic heterocycles. The number of aromatic nitrogens is 2. The smallest absolute Gasteiger partial charge is 0.307 e. The van der Waals surface area contributed by atoms with Crippen LogP contribution in [0.1, 0.15) is 25.5 Å². The number of nitrogens with one attached hydrogen (secondary N) is 1. The summed E-state index contributed by atoms with van der Waals surface area (Å²) in [6, 6.07) is 3.81. The second kappa shape index (κ2) is 6.76. The Kier molecular flexibility index (Phi) is 5.25. The highest BCUT2D eigenvalue weighted by molar-refractivity contribution is 5.69. The Morgan fingerprint density at radius 1 is 1.44 bits per heavy atom. The van der Waals surface area contributed by atoms with Crippen molar-refractivity contribution in [2.45, 2.75) is 26.2 Å². The van der Waals surface area contributed by atoms with Crippen molar-refractivity contribution in [2.75, 3.05) is 19.0 Å². The normalized spacial score (nSPS) is 9.88. The van der Waals surface area contributed by atoms with Crippen molar-refractivity contribution in [3.05, 3.63) is 17.8 Å². The zero-order valence-corrected chi connectivity index (χ0v) is 9.69. The Bertz CT molecular complexity index is 325. The monoisotopic (exact) mass is 223 g/mol. The van der Waals surface area contributed by atoms with Crippen molar-refractivity contribution >= 4 is 11.8 Å². The third kappa shape index (κ3) is 4.25. The van der Waals surface area contributed by atoms with Gasteiger partial charge in [0.05, 0.1) is 19.2 Å². The molecule has 0 aromatic carbocycles. The molecule has 0 saturated carbocycles. The number of carbonyl (C=O) groups excluding carboxylic acids is 1. The molecular weight excluding hydrogens is 206 g/mol. The Morgan fingerprint density at radius 2 is 2.25 bits per heavy atom. The number of aryl methyl sites for hydroxylation is 1. The maximum atomic E-state index is 10.8. The van der Waals surface area contributed by atoms with Crippen LogP contribution in [0.5, 0.6) is 0 Å². The Labute approximate surface area is 95.2 Å². The van der Waals surface area contributed by atoms with Gasteiger partial charge < -0.3 is 10.1 Å². The number of hydrogen-bond acceptors (Lipinski definition) is 5. The zero-order chi connectivity index (χ0) is 11.8. The van der Waals surface area contributed by atoms with Crippen LogP contribution in [0.25, 0.3) is 0 Å². The predicted molar refractivity (Wildman–Crippen MR) is 61.1 cm³/mol. The molecule has 0 radical (unpaired) electrons. The van der Waals surface area contributed by atoms with Gasteiger partial charge in [-0.05, 0) is 18.6 Å². The summed E-state index contributed by atoms with van der Waals surface area (Å²) in [5.41, 5.74) is 0.987. The molecule has 0 aliphatic heterocycles. The van der Waals surface area contributed by atoms with Crippen LogP contribution < -0.4 is 5.32 Å². The van der Waals surface area contributed by atoms with Gasteiger partial charge in [-0.1, -0.05) is 13.3 Å². The van der Waals surface area contributed by atoms with E-state index in [1.165, 1.54) is 7.11 Å². The van der Waals surface area contributed by atoms with Gasteiger partial charge >= 0.3 is 5.97 Å². The number of hydrogen-bond donors (Lipinski definition) is 1. The van der Waals surface area contributed by atoms with E-state index in [2.05, 4.69) is 27.2 Å². The summed E-state index contributed by atoms with van der Waals surface area (Å²) >= 11 is 0. The fraction of sp³-hybridized carbons (Fsp3) is 0.545. The lowest BCUT2D eigenvalue weighted by Gasteiger charge is -2.04. The number of rotatable bonds is 6. The van der Waals surface area contributed by atoms with Crippen LogP contribution >= 0.6 is 0 Å². The molecule has 88 valence electrons. The zero-order valence-electron chi connectivity index (χ0n) is 9.69. The van der Waals surface area contributed by atoms with Crippen molar-refractivity contribution in [3.8, 4) is 0 Å². The Hall–Kier alpha value is -1.65. The number of anilines is 1. The lowest BCUT2D eigenvalue weighted by atomic mass is 10.2. The second-order valence-electron chi connectivity index (χ2n) is 3.41. The maximum Gasteiger partial charge on any atom is 0.307 e. The highest BCUT2D eigenvalue weighted by atomic mass is 16.5.